The average molecular weight is 410 g/mol. The fraction of sp³-hybridized carbons (Fsp3) is 0.783. The van der Waals surface area contributed by atoms with Gasteiger partial charge in [0.15, 0.2) is 6.29 Å². The van der Waals surface area contributed by atoms with Crippen LogP contribution in [0.15, 0.2) is 12.1 Å². The van der Waals surface area contributed by atoms with Crippen molar-refractivity contribution in [2.24, 2.45) is 0 Å². The molecule has 0 radical (unpaired) electrons. The van der Waals surface area contributed by atoms with Crippen molar-refractivity contribution < 1.29 is 23.7 Å². The molecule has 1 aromatic heterocycles. The Morgan fingerprint density at radius 2 is 1.76 bits per heavy atom. The third kappa shape index (κ3) is 6.38. The normalized spacial score (nSPS) is 26.8. The second-order valence-electron chi connectivity index (χ2n) is 8.00. The van der Waals surface area contributed by atoms with Gasteiger partial charge in [0.2, 0.25) is 0 Å². The first-order valence-corrected chi connectivity index (χ1v) is 11.2. The fourth-order valence-electron chi connectivity index (χ4n) is 3.73. The zero-order valence-corrected chi connectivity index (χ0v) is 18.6. The van der Waals surface area contributed by atoms with Crippen LogP contribution in [-0.2, 0) is 18.9 Å². The maximum absolute atomic E-state index is 11.2. The molecule has 0 spiro atoms. The van der Waals surface area contributed by atoms with E-state index in [0.717, 1.165) is 50.5 Å². The Kier molecular flexibility index (Phi) is 10.4. The molecule has 1 aliphatic heterocycles. The first-order chi connectivity index (χ1) is 14.1. The van der Waals surface area contributed by atoms with Crippen LogP contribution >= 0.6 is 0 Å². The topological polar surface area (TPSA) is 69.8 Å². The molecule has 0 unspecified atom stereocenters. The van der Waals surface area contributed by atoms with Crippen molar-refractivity contribution in [2.45, 2.75) is 90.1 Å². The highest BCUT2D eigenvalue weighted by Crippen LogP contribution is 2.45. The van der Waals surface area contributed by atoms with Crippen molar-refractivity contribution in [3.8, 4) is 0 Å². The standard InChI is InChI=1S/C23H39NO5/c1-5-8-13-26-17-20-22(27-14-9-6-2)23(4,28-15-10-7-3)21(29-20)19-12-11-18(16-25)24-19/h11-12,16,20-22,24H,5-10,13-15,17H2,1-4H3/t20-,21+,22-,23+/m1/s1. The van der Waals surface area contributed by atoms with E-state index in [0.29, 0.717) is 32.1 Å². The predicted octanol–water partition coefficient (Wildman–Crippen LogP) is 4.84. The van der Waals surface area contributed by atoms with E-state index >= 15 is 0 Å². The van der Waals surface area contributed by atoms with Crippen molar-refractivity contribution in [3.63, 3.8) is 0 Å². The number of aromatic amines is 1. The monoisotopic (exact) mass is 409 g/mol. The van der Waals surface area contributed by atoms with Crippen LogP contribution in [-0.4, -0.2) is 55.5 Å². The number of carbonyl (C=O) groups is 1. The van der Waals surface area contributed by atoms with E-state index < -0.39 is 5.60 Å². The second kappa shape index (κ2) is 12.5. The molecule has 0 amide bonds. The molecule has 6 nitrogen and oxygen atoms in total. The molecule has 1 N–H and O–H groups in total. The summed E-state index contributed by atoms with van der Waals surface area (Å²) in [5.41, 5.74) is 0.712. The summed E-state index contributed by atoms with van der Waals surface area (Å²) in [5, 5.41) is 0. The number of hydrogen-bond acceptors (Lipinski definition) is 5. The van der Waals surface area contributed by atoms with Gasteiger partial charge in [-0.2, -0.15) is 0 Å². The highest BCUT2D eigenvalue weighted by atomic mass is 16.6. The van der Waals surface area contributed by atoms with Gasteiger partial charge < -0.3 is 23.9 Å². The average Bonchev–Trinajstić information content (AvgIpc) is 3.29. The van der Waals surface area contributed by atoms with Crippen molar-refractivity contribution >= 4 is 6.29 Å². The van der Waals surface area contributed by atoms with Gasteiger partial charge in [0, 0.05) is 25.5 Å². The minimum atomic E-state index is -0.660. The van der Waals surface area contributed by atoms with Gasteiger partial charge in [-0.05, 0) is 38.3 Å². The second-order valence-corrected chi connectivity index (χ2v) is 8.00. The maximum atomic E-state index is 11.2. The summed E-state index contributed by atoms with van der Waals surface area (Å²) in [6, 6.07) is 3.68. The van der Waals surface area contributed by atoms with Crippen LogP contribution in [0.1, 0.15) is 88.5 Å². The zero-order chi connectivity index (χ0) is 21.1. The van der Waals surface area contributed by atoms with Gasteiger partial charge in [-0.25, -0.2) is 0 Å². The van der Waals surface area contributed by atoms with Gasteiger partial charge in [0.1, 0.15) is 23.9 Å². The summed E-state index contributed by atoms with van der Waals surface area (Å²) in [6.45, 7) is 11.0. The van der Waals surface area contributed by atoms with Gasteiger partial charge in [-0.15, -0.1) is 0 Å². The Balaban J connectivity index is 2.24. The number of H-pyrrole nitrogens is 1. The van der Waals surface area contributed by atoms with Crippen LogP contribution < -0.4 is 0 Å². The van der Waals surface area contributed by atoms with E-state index in [1.54, 1.807) is 6.07 Å². The molecule has 4 atom stereocenters. The van der Waals surface area contributed by atoms with Crippen LogP contribution in [0, 0.1) is 0 Å². The molecular formula is C23H39NO5. The van der Waals surface area contributed by atoms with Gasteiger partial charge in [0.25, 0.3) is 0 Å². The molecule has 1 fully saturated rings. The predicted molar refractivity (Wildman–Crippen MR) is 113 cm³/mol. The number of aldehydes is 1. The van der Waals surface area contributed by atoms with E-state index in [1.165, 1.54) is 0 Å². The van der Waals surface area contributed by atoms with Crippen molar-refractivity contribution in [1.82, 2.24) is 4.98 Å². The Morgan fingerprint density at radius 3 is 2.41 bits per heavy atom. The number of ether oxygens (including phenoxy) is 4. The van der Waals surface area contributed by atoms with Crippen LogP contribution in [0.2, 0.25) is 0 Å². The largest absolute Gasteiger partial charge is 0.379 e. The molecule has 0 aromatic carbocycles. The summed E-state index contributed by atoms with van der Waals surface area (Å²) in [5.74, 6) is 0. The fourth-order valence-corrected chi connectivity index (χ4v) is 3.73. The van der Waals surface area contributed by atoms with Crippen molar-refractivity contribution in [2.75, 3.05) is 26.4 Å². The highest BCUT2D eigenvalue weighted by molar-refractivity contribution is 5.72. The van der Waals surface area contributed by atoms with Gasteiger partial charge in [-0.1, -0.05) is 40.0 Å². The number of carbonyl (C=O) groups excluding carboxylic acids is 1. The molecule has 2 rings (SSSR count). The molecule has 1 aliphatic rings. The minimum Gasteiger partial charge on any atom is -0.379 e. The van der Waals surface area contributed by atoms with E-state index in [9.17, 15) is 4.79 Å². The molecule has 1 saturated heterocycles. The van der Waals surface area contributed by atoms with Gasteiger partial charge in [-0.3, -0.25) is 4.79 Å². The quantitative estimate of drug-likeness (QED) is 0.331. The summed E-state index contributed by atoms with van der Waals surface area (Å²) in [6.07, 6.45) is 6.24. The number of nitrogens with one attached hydrogen (secondary N) is 1. The van der Waals surface area contributed by atoms with Crippen molar-refractivity contribution in [1.29, 1.82) is 0 Å². The summed E-state index contributed by atoms with van der Waals surface area (Å²) < 4.78 is 25.1. The lowest BCUT2D eigenvalue weighted by molar-refractivity contribution is -0.138. The molecule has 166 valence electrons. The smallest absolute Gasteiger partial charge is 0.166 e. The van der Waals surface area contributed by atoms with Crippen molar-refractivity contribution in [3.05, 3.63) is 23.5 Å². The molecule has 2 heterocycles. The van der Waals surface area contributed by atoms with Crippen LogP contribution in [0.5, 0.6) is 0 Å². The lowest BCUT2D eigenvalue weighted by Gasteiger charge is -2.35. The number of unbranched alkanes of at least 4 members (excludes halogenated alkanes) is 3. The van der Waals surface area contributed by atoms with Crippen LogP contribution in [0.25, 0.3) is 0 Å². The SMILES string of the molecule is CCCCOC[C@H]1O[C@@H](c2ccc(C=O)[nH]2)[C@](C)(OCCCC)[C@@H]1OCCCC. The van der Waals surface area contributed by atoms with E-state index in [4.69, 9.17) is 18.9 Å². The summed E-state index contributed by atoms with van der Waals surface area (Å²) in [7, 11) is 0. The Labute approximate surface area is 175 Å². The van der Waals surface area contributed by atoms with E-state index in [-0.39, 0.29) is 18.3 Å². The molecule has 0 aliphatic carbocycles. The Hall–Kier alpha value is -1.21. The van der Waals surface area contributed by atoms with Crippen LogP contribution in [0.3, 0.4) is 0 Å². The van der Waals surface area contributed by atoms with Crippen LogP contribution in [0.4, 0.5) is 0 Å². The highest BCUT2D eigenvalue weighted by Gasteiger charge is 2.56. The van der Waals surface area contributed by atoms with E-state index in [2.05, 4.69) is 32.7 Å². The lowest BCUT2D eigenvalue weighted by Crippen LogP contribution is -2.48. The first kappa shape index (κ1) is 24.1. The van der Waals surface area contributed by atoms with E-state index in [1.807, 2.05) is 6.07 Å². The summed E-state index contributed by atoms with van der Waals surface area (Å²) >= 11 is 0. The molecular weight excluding hydrogens is 370 g/mol. The number of rotatable bonds is 15. The number of hydrogen-bond donors (Lipinski definition) is 1. The third-order valence-electron chi connectivity index (χ3n) is 5.51. The zero-order valence-electron chi connectivity index (χ0n) is 18.6. The molecule has 1 aromatic rings. The summed E-state index contributed by atoms with van der Waals surface area (Å²) in [4.78, 5) is 14.3. The molecule has 29 heavy (non-hydrogen) atoms. The maximum Gasteiger partial charge on any atom is 0.166 e. The Bertz CT molecular complexity index is 590. The number of aromatic nitrogens is 1. The molecule has 0 bridgehead atoms. The Morgan fingerprint density at radius 1 is 1.07 bits per heavy atom. The lowest BCUT2D eigenvalue weighted by atomic mass is 9.90. The molecule has 6 heteroatoms. The molecule has 0 saturated carbocycles. The van der Waals surface area contributed by atoms with Gasteiger partial charge in [0.05, 0.1) is 12.3 Å². The third-order valence-corrected chi connectivity index (χ3v) is 5.51. The first-order valence-electron chi connectivity index (χ1n) is 11.2. The minimum absolute atomic E-state index is 0.219. The van der Waals surface area contributed by atoms with Gasteiger partial charge >= 0.3 is 0 Å².